The summed E-state index contributed by atoms with van der Waals surface area (Å²) < 4.78 is 12.6. The van der Waals surface area contributed by atoms with Crippen LogP contribution in [0, 0.1) is 57.2 Å². The van der Waals surface area contributed by atoms with Crippen molar-refractivity contribution in [3.63, 3.8) is 0 Å². The second-order valence-electron chi connectivity index (χ2n) is 11.1. The number of halogens is 1. The molecule has 0 heterocycles. The van der Waals surface area contributed by atoms with Gasteiger partial charge in [-0.15, -0.1) is 0 Å². The lowest BCUT2D eigenvalue weighted by molar-refractivity contribution is 0.308. The predicted octanol–water partition coefficient (Wildman–Crippen LogP) is 11.0. The Labute approximate surface area is 212 Å². The third-order valence-electron chi connectivity index (χ3n) is 7.15. The standard InChI is InChI=1S/C8H9F.2C8H16.C8H10.CH4/c1-6-3-4-7(2)8(9)5-6;3*1-7-3-5-8(2)6-4-7;/h3-5H,1-2H3;2*7-8H,3-6H2,1-2H3;3-6H,1-2H3;1H4. The Morgan fingerprint density at radius 3 is 1.00 bits per heavy atom. The minimum Gasteiger partial charge on any atom is -0.207 e. The van der Waals surface area contributed by atoms with E-state index in [0.29, 0.717) is 5.56 Å². The summed E-state index contributed by atoms with van der Waals surface area (Å²) in [6.45, 7) is 17.3. The summed E-state index contributed by atoms with van der Waals surface area (Å²) in [4.78, 5) is 0. The maximum Gasteiger partial charge on any atom is 0.126 e. The van der Waals surface area contributed by atoms with Gasteiger partial charge in [-0.1, -0.05) is 134 Å². The van der Waals surface area contributed by atoms with Gasteiger partial charge < -0.3 is 0 Å². The molecule has 2 aliphatic carbocycles. The molecule has 0 atom stereocenters. The van der Waals surface area contributed by atoms with Crippen molar-refractivity contribution in [2.24, 2.45) is 23.7 Å². The highest BCUT2D eigenvalue weighted by molar-refractivity contribution is 5.21. The van der Waals surface area contributed by atoms with E-state index in [1.807, 2.05) is 13.0 Å². The van der Waals surface area contributed by atoms with Gasteiger partial charge in [-0.25, -0.2) is 4.39 Å². The van der Waals surface area contributed by atoms with Crippen molar-refractivity contribution in [2.45, 2.75) is 114 Å². The average molecular weight is 471 g/mol. The first kappa shape index (κ1) is 32.4. The fraction of sp³-hybridized carbons (Fsp3) is 0.636. The van der Waals surface area contributed by atoms with Crippen molar-refractivity contribution in [2.75, 3.05) is 0 Å². The summed E-state index contributed by atoms with van der Waals surface area (Å²) in [5.74, 6) is 3.96. The van der Waals surface area contributed by atoms with Gasteiger partial charge in [0.15, 0.2) is 0 Å². The summed E-state index contributed by atoms with van der Waals surface area (Å²) in [7, 11) is 0. The first-order chi connectivity index (χ1) is 15.6. The van der Waals surface area contributed by atoms with Crippen molar-refractivity contribution < 1.29 is 4.39 Å². The van der Waals surface area contributed by atoms with Crippen LogP contribution >= 0.6 is 0 Å². The van der Waals surface area contributed by atoms with E-state index in [1.165, 1.54) is 68.6 Å². The Bertz CT molecular complexity index is 684. The Morgan fingerprint density at radius 2 is 0.765 bits per heavy atom. The number of aryl methyl sites for hydroxylation is 4. The quantitative estimate of drug-likeness (QED) is 0.359. The maximum absolute atomic E-state index is 12.6. The lowest BCUT2D eigenvalue weighted by Gasteiger charge is -2.22. The van der Waals surface area contributed by atoms with Crippen LogP contribution in [-0.2, 0) is 0 Å². The van der Waals surface area contributed by atoms with Gasteiger partial charge in [0.25, 0.3) is 0 Å². The molecule has 194 valence electrons. The molecule has 2 aliphatic rings. The summed E-state index contributed by atoms with van der Waals surface area (Å²) in [5.41, 5.74) is 4.34. The van der Waals surface area contributed by atoms with E-state index in [9.17, 15) is 4.39 Å². The number of benzene rings is 2. The number of hydrogen-bond donors (Lipinski definition) is 0. The first-order valence-electron chi connectivity index (χ1n) is 13.3. The highest BCUT2D eigenvalue weighted by atomic mass is 19.1. The monoisotopic (exact) mass is 470 g/mol. The van der Waals surface area contributed by atoms with Crippen molar-refractivity contribution in [1.82, 2.24) is 0 Å². The molecule has 0 radical (unpaired) electrons. The molecule has 4 rings (SSSR count). The normalized spacial score (nSPS) is 23.4. The molecule has 0 saturated heterocycles. The SMILES string of the molecule is C.CC1CCC(C)CC1.CC1CCC(C)CC1.Cc1ccc(C)c(F)c1.Cc1ccc(C)cc1. The van der Waals surface area contributed by atoms with Gasteiger partial charge in [0, 0.05) is 0 Å². The summed E-state index contributed by atoms with van der Waals surface area (Å²) in [5, 5.41) is 0. The highest BCUT2D eigenvalue weighted by Crippen LogP contribution is 2.27. The van der Waals surface area contributed by atoms with Crippen LogP contribution in [0.5, 0.6) is 0 Å². The number of hydrogen-bond acceptors (Lipinski definition) is 0. The Balaban J connectivity index is 0.000000423. The van der Waals surface area contributed by atoms with E-state index in [-0.39, 0.29) is 13.2 Å². The van der Waals surface area contributed by atoms with Gasteiger partial charge in [0.05, 0.1) is 0 Å². The van der Waals surface area contributed by atoms with Crippen LogP contribution in [0.3, 0.4) is 0 Å². The van der Waals surface area contributed by atoms with E-state index in [1.54, 1.807) is 13.0 Å². The Morgan fingerprint density at radius 1 is 0.500 bits per heavy atom. The lowest BCUT2D eigenvalue weighted by atomic mass is 9.84. The average Bonchev–Trinajstić information content (AvgIpc) is 2.79. The zero-order chi connectivity index (χ0) is 24.8. The van der Waals surface area contributed by atoms with Crippen LogP contribution in [-0.4, -0.2) is 0 Å². The van der Waals surface area contributed by atoms with Crippen LogP contribution in [0.25, 0.3) is 0 Å². The van der Waals surface area contributed by atoms with Crippen LogP contribution in [0.4, 0.5) is 4.39 Å². The predicted molar refractivity (Wildman–Crippen MR) is 152 cm³/mol. The van der Waals surface area contributed by atoms with E-state index in [4.69, 9.17) is 0 Å². The molecule has 2 aromatic carbocycles. The molecule has 0 unspecified atom stereocenters. The van der Waals surface area contributed by atoms with Crippen LogP contribution < -0.4 is 0 Å². The van der Waals surface area contributed by atoms with E-state index in [2.05, 4.69) is 65.8 Å². The van der Waals surface area contributed by atoms with E-state index >= 15 is 0 Å². The minimum atomic E-state index is -0.116. The van der Waals surface area contributed by atoms with Crippen molar-refractivity contribution in [3.8, 4) is 0 Å². The molecule has 0 aromatic heterocycles. The molecule has 0 amide bonds. The smallest absolute Gasteiger partial charge is 0.126 e. The molecule has 2 aromatic rings. The van der Waals surface area contributed by atoms with Crippen molar-refractivity contribution in [1.29, 1.82) is 0 Å². The van der Waals surface area contributed by atoms with Crippen molar-refractivity contribution in [3.05, 3.63) is 70.5 Å². The Kier molecular flexibility index (Phi) is 16.9. The topological polar surface area (TPSA) is 0 Å². The molecule has 2 saturated carbocycles. The molecule has 2 fully saturated rings. The van der Waals surface area contributed by atoms with Gasteiger partial charge in [0.2, 0.25) is 0 Å². The minimum absolute atomic E-state index is 0. The maximum atomic E-state index is 12.6. The Hall–Kier alpha value is -1.63. The third kappa shape index (κ3) is 15.3. The first-order valence-corrected chi connectivity index (χ1v) is 13.3. The second-order valence-corrected chi connectivity index (χ2v) is 11.1. The zero-order valence-electron chi connectivity index (χ0n) is 22.9. The highest BCUT2D eigenvalue weighted by Gasteiger charge is 2.13. The van der Waals surface area contributed by atoms with Crippen LogP contribution in [0.15, 0.2) is 42.5 Å². The molecular formula is C33H55F. The molecule has 0 aliphatic heterocycles. The fourth-order valence-electron chi connectivity index (χ4n) is 4.19. The van der Waals surface area contributed by atoms with Crippen LogP contribution in [0.2, 0.25) is 0 Å². The molecule has 1 heteroatoms. The van der Waals surface area contributed by atoms with Crippen molar-refractivity contribution >= 4 is 0 Å². The second kappa shape index (κ2) is 17.8. The van der Waals surface area contributed by atoms with Gasteiger partial charge >= 0.3 is 0 Å². The molecule has 0 nitrogen and oxygen atoms in total. The third-order valence-corrected chi connectivity index (χ3v) is 7.15. The van der Waals surface area contributed by atoms with Gasteiger partial charge in [-0.2, -0.15) is 0 Å². The van der Waals surface area contributed by atoms with Gasteiger partial charge in [-0.05, 0) is 68.6 Å². The largest absolute Gasteiger partial charge is 0.207 e. The van der Waals surface area contributed by atoms with Crippen LogP contribution in [0.1, 0.15) is 109 Å². The molecule has 34 heavy (non-hydrogen) atoms. The zero-order valence-corrected chi connectivity index (χ0v) is 22.9. The summed E-state index contributed by atoms with van der Waals surface area (Å²) >= 11 is 0. The molecule has 0 spiro atoms. The van der Waals surface area contributed by atoms with Gasteiger partial charge in [0.1, 0.15) is 5.82 Å². The van der Waals surface area contributed by atoms with E-state index < -0.39 is 0 Å². The molecule has 0 N–H and O–H groups in total. The van der Waals surface area contributed by atoms with Gasteiger partial charge in [-0.3, -0.25) is 0 Å². The number of rotatable bonds is 0. The lowest BCUT2D eigenvalue weighted by Crippen LogP contribution is -2.08. The summed E-state index contributed by atoms with van der Waals surface area (Å²) in [6.07, 6.45) is 11.8. The molecular weight excluding hydrogens is 415 g/mol. The summed E-state index contributed by atoms with van der Waals surface area (Å²) in [6, 6.07) is 13.7. The fourth-order valence-corrected chi connectivity index (χ4v) is 4.19. The van der Waals surface area contributed by atoms with E-state index in [0.717, 1.165) is 29.2 Å². The molecule has 0 bridgehead atoms.